The number of pyridine rings is 1. The minimum atomic E-state index is 0.800. The van der Waals surface area contributed by atoms with Gasteiger partial charge in [0.2, 0.25) is 0 Å². The first-order chi connectivity index (χ1) is 8.92. The van der Waals surface area contributed by atoms with Crippen molar-refractivity contribution >= 4 is 10.9 Å². The van der Waals surface area contributed by atoms with Crippen molar-refractivity contribution in [1.82, 2.24) is 10.3 Å². The number of benzene rings is 1. The van der Waals surface area contributed by atoms with E-state index in [1.807, 2.05) is 0 Å². The van der Waals surface area contributed by atoms with E-state index in [0.717, 1.165) is 24.4 Å². The molecule has 3 rings (SSSR count). The third kappa shape index (κ3) is 2.70. The molecule has 1 aromatic heterocycles. The number of rotatable bonds is 2. The number of hydrogen-bond donors (Lipinski definition) is 1. The Morgan fingerprint density at radius 2 is 2.00 bits per heavy atom. The van der Waals surface area contributed by atoms with Gasteiger partial charge in [-0.05, 0) is 56.8 Å². The lowest BCUT2D eigenvalue weighted by Gasteiger charge is -2.13. The predicted molar refractivity (Wildman–Crippen MR) is 75.7 cm³/mol. The topological polar surface area (TPSA) is 24.9 Å². The van der Waals surface area contributed by atoms with Crippen LogP contribution >= 0.6 is 0 Å². The molecule has 1 saturated heterocycles. The van der Waals surface area contributed by atoms with E-state index in [1.54, 1.807) is 0 Å². The normalized spacial score (nSPS) is 20.8. The molecule has 0 saturated carbocycles. The van der Waals surface area contributed by atoms with E-state index < -0.39 is 0 Å². The summed E-state index contributed by atoms with van der Waals surface area (Å²) in [6.45, 7) is 2.35. The fourth-order valence-corrected chi connectivity index (χ4v) is 2.81. The molecule has 2 nitrogen and oxygen atoms in total. The molecule has 0 radical (unpaired) electrons. The second kappa shape index (κ2) is 5.49. The smallest absolute Gasteiger partial charge is 0.0705 e. The molecule has 1 fully saturated rings. The first kappa shape index (κ1) is 11.7. The van der Waals surface area contributed by atoms with Crippen molar-refractivity contribution in [1.29, 1.82) is 0 Å². The highest BCUT2D eigenvalue weighted by molar-refractivity contribution is 5.78. The summed E-state index contributed by atoms with van der Waals surface area (Å²) in [5.41, 5.74) is 2.38. The molecule has 0 spiro atoms. The van der Waals surface area contributed by atoms with Crippen LogP contribution in [0.25, 0.3) is 10.9 Å². The summed E-state index contributed by atoms with van der Waals surface area (Å²) in [5, 5.41) is 4.71. The van der Waals surface area contributed by atoms with Crippen molar-refractivity contribution in [2.45, 2.75) is 25.7 Å². The molecule has 2 heteroatoms. The van der Waals surface area contributed by atoms with Gasteiger partial charge < -0.3 is 5.32 Å². The van der Waals surface area contributed by atoms with Gasteiger partial charge in [-0.15, -0.1) is 0 Å². The zero-order valence-electron chi connectivity index (χ0n) is 10.7. The van der Waals surface area contributed by atoms with Crippen molar-refractivity contribution < 1.29 is 0 Å². The highest BCUT2D eigenvalue weighted by Gasteiger charge is 2.13. The van der Waals surface area contributed by atoms with Crippen LogP contribution in [0.4, 0.5) is 0 Å². The van der Waals surface area contributed by atoms with E-state index in [-0.39, 0.29) is 0 Å². The molecule has 1 aliphatic rings. The van der Waals surface area contributed by atoms with Gasteiger partial charge >= 0.3 is 0 Å². The third-order valence-corrected chi connectivity index (χ3v) is 3.85. The van der Waals surface area contributed by atoms with Crippen LogP contribution in [0.5, 0.6) is 0 Å². The van der Waals surface area contributed by atoms with E-state index in [0.29, 0.717) is 0 Å². The zero-order valence-corrected chi connectivity index (χ0v) is 10.7. The van der Waals surface area contributed by atoms with Gasteiger partial charge in [-0.2, -0.15) is 0 Å². The Balaban J connectivity index is 1.77. The second-order valence-electron chi connectivity index (χ2n) is 5.25. The first-order valence-corrected chi connectivity index (χ1v) is 6.97. The van der Waals surface area contributed by atoms with Gasteiger partial charge in [0, 0.05) is 11.1 Å². The molecule has 0 bridgehead atoms. The monoisotopic (exact) mass is 240 g/mol. The summed E-state index contributed by atoms with van der Waals surface area (Å²) < 4.78 is 0. The van der Waals surface area contributed by atoms with Gasteiger partial charge in [0.1, 0.15) is 0 Å². The van der Waals surface area contributed by atoms with E-state index in [2.05, 4.69) is 41.7 Å². The number of nitrogens with zero attached hydrogens (tertiary/aromatic N) is 1. The number of para-hydroxylation sites is 1. The van der Waals surface area contributed by atoms with Crippen LogP contribution in [0.15, 0.2) is 36.4 Å². The Morgan fingerprint density at radius 1 is 1.06 bits per heavy atom. The molecule has 2 heterocycles. The molecular formula is C16H20N2. The maximum Gasteiger partial charge on any atom is 0.0705 e. The largest absolute Gasteiger partial charge is 0.317 e. The van der Waals surface area contributed by atoms with E-state index in [4.69, 9.17) is 4.98 Å². The molecule has 2 aromatic rings. The van der Waals surface area contributed by atoms with Crippen molar-refractivity contribution in [3.8, 4) is 0 Å². The number of nitrogens with one attached hydrogen (secondary N) is 1. The summed E-state index contributed by atoms with van der Waals surface area (Å²) in [6, 6.07) is 12.8. The van der Waals surface area contributed by atoms with Crippen molar-refractivity contribution in [2.75, 3.05) is 13.1 Å². The lowest BCUT2D eigenvalue weighted by molar-refractivity contribution is 0.466. The van der Waals surface area contributed by atoms with E-state index in [9.17, 15) is 0 Å². The van der Waals surface area contributed by atoms with Gasteiger partial charge in [-0.1, -0.05) is 24.3 Å². The summed E-state index contributed by atoms with van der Waals surface area (Å²) in [5.74, 6) is 0.800. The van der Waals surface area contributed by atoms with Crippen LogP contribution in [-0.4, -0.2) is 18.1 Å². The third-order valence-electron chi connectivity index (χ3n) is 3.85. The summed E-state index contributed by atoms with van der Waals surface area (Å²) in [6.07, 6.45) is 5.06. The van der Waals surface area contributed by atoms with Crippen LogP contribution < -0.4 is 5.32 Å². The molecular weight excluding hydrogens is 220 g/mol. The fourth-order valence-electron chi connectivity index (χ4n) is 2.81. The fraction of sp³-hybridized carbons (Fsp3) is 0.438. The Bertz CT molecular complexity index is 513. The van der Waals surface area contributed by atoms with Crippen LogP contribution in [0, 0.1) is 5.92 Å². The molecule has 18 heavy (non-hydrogen) atoms. The highest BCUT2D eigenvalue weighted by atomic mass is 14.8. The standard InChI is InChI=1S/C16H20N2/c1-2-6-16-14(5-1)7-8-15(18-16)12-13-4-3-10-17-11-9-13/h1-2,5-8,13,17H,3-4,9-12H2. The molecule has 1 atom stereocenters. The zero-order chi connectivity index (χ0) is 12.2. The van der Waals surface area contributed by atoms with Crippen LogP contribution in [0.1, 0.15) is 25.0 Å². The minimum Gasteiger partial charge on any atom is -0.317 e. The van der Waals surface area contributed by atoms with Gasteiger partial charge in [-0.3, -0.25) is 4.98 Å². The second-order valence-corrected chi connectivity index (χ2v) is 5.25. The quantitative estimate of drug-likeness (QED) is 0.872. The Hall–Kier alpha value is -1.41. The minimum absolute atomic E-state index is 0.800. The van der Waals surface area contributed by atoms with Gasteiger partial charge in [0.15, 0.2) is 0 Å². The first-order valence-electron chi connectivity index (χ1n) is 6.97. The van der Waals surface area contributed by atoms with Gasteiger partial charge in [-0.25, -0.2) is 0 Å². The van der Waals surface area contributed by atoms with E-state index in [1.165, 1.54) is 36.9 Å². The van der Waals surface area contributed by atoms with Crippen LogP contribution in [-0.2, 0) is 6.42 Å². The molecule has 1 aliphatic heterocycles. The molecule has 94 valence electrons. The Kier molecular flexibility index (Phi) is 3.56. The molecule has 1 unspecified atom stereocenters. The van der Waals surface area contributed by atoms with E-state index >= 15 is 0 Å². The SMILES string of the molecule is c1ccc2nc(CC3CCCNCC3)ccc2c1. The summed E-state index contributed by atoms with van der Waals surface area (Å²) in [4.78, 5) is 4.78. The van der Waals surface area contributed by atoms with Crippen molar-refractivity contribution in [2.24, 2.45) is 5.92 Å². The van der Waals surface area contributed by atoms with Crippen molar-refractivity contribution in [3.05, 3.63) is 42.1 Å². The summed E-state index contributed by atoms with van der Waals surface area (Å²) in [7, 11) is 0. The van der Waals surface area contributed by atoms with Gasteiger partial charge in [0.05, 0.1) is 5.52 Å². The Morgan fingerprint density at radius 3 is 3.00 bits per heavy atom. The predicted octanol–water partition coefficient (Wildman–Crippen LogP) is 3.17. The average Bonchev–Trinajstić information content (AvgIpc) is 2.67. The van der Waals surface area contributed by atoms with Crippen LogP contribution in [0.2, 0.25) is 0 Å². The number of hydrogen-bond acceptors (Lipinski definition) is 2. The Labute approximate surface area is 108 Å². The van der Waals surface area contributed by atoms with Crippen molar-refractivity contribution in [3.63, 3.8) is 0 Å². The number of fused-ring (bicyclic) bond motifs is 1. The lowest BCUT2D eigenvalue weighted by atomic mass is 9.95. The maximum absolute atomic E-state index is 4.78. The average molecular weight is 240 g/mol. The molecule has 0 amide bonds. The molecule has 0 aliphatic carbocycles. The molecule has 1 N–H and O–H groups in total. The highest BCUT2D eigenvalue weighted by Crippen LogP contribution is 2.20. The van der Waals surface area contributed by atoms with Crippen LogP contribution in [0.3, 0.4) is 0 Å². The lowest BCUT2D eigenvalue weighted by Crippen LogP contribution is -2.14. The maximum atomic E-state index is 4.78. The summed E-state index contributed by atoms with van der Waals surface area (Å²) >= 11 is 0. The number of aromatic nitrogens is 1. The van der Waals surface area contributed by atoms with Gasteiger partial charge in [0.25, 0.3) is 0 Å². The molecule has 1 aromatic carbocycles.